The quantitative estimate of drug-likeness (QED) is 0.667. The first-order valence-electron chi connectivity index (χ1n) is 7.07. The van der Waals surface area contributed by atoms with Crippen molar-refractivity contribution < 1.29 is 0 Å². The number of anilines is 1. The van der Waals surface area contributed by atoms with Gasteiger partial charge in [0.2, 0.25) is 0 Å². The summed E-state index contributed by atoms with van der Waals surface area (Å²) in [5.41, 5.74) is 1.13. The number of halogens is 1. The molecule has 19 heavy (non-hydrogen) atoms. The molecule has 0 saturated heterocycles. The van der Waals surface area contributed by atoms with Crippen molar-refractivity contribution in [3.05, 3.63) is 17.3 Å². The van der Waals surface area contributed by atoms with Crippen molar-refractivity contribution in [2.75, 3.05) is 18.0 Å². The highest BCUT2D eigenvalue weighted by Gasteiger charge is 2.17. The molecule has 0 unspecified atom stereocenters. The zero-order chi connectivity index (χ0) is 13.7. The molecule has 2 heterocycles. The van der Waals surface area contributed by atoms with Crippen LogP contribution in [-0.4, -0.2) is 22.5 Å². The molecule has 0 saturated carbocycles. The Balaban J connectivity index is 2.27. The Morgan fingerprint density at radius 2 is 1.95 bits per heavy atom. The average molecular weight is 300 g/mol. The minimum Gasteiger partial charge on any atom is -0.355 e. The average Bonchev–Trinajstić information content (AvgIpc) is 2.99. The molecule has 0 aliphatic carbocycles. The third-order valence-electron chi connectivity index (χ3n) is 3.33. The number of imidazole rings is 1. The molecule has 0 aromatic carbocycles. The van der Waals surface area contributed by atoms with Crippen molar-refractivity contribution in [3.63, 3.8) is 0 Å². The number of alkyl halides is 1. The third-order valence-corrected chi connectivity index (χ3v) is 4.34. The largest absolute Gasteiger partial charge is 0.355 e. The lowest BCUT2D eigenvalue weighted by atomic mass is 10.2. The van der Waals surface area contributed by atoms with Crippen LogP contribution in [0.1, 0.15) is 45.2 Å². The minimum absolute atomic E-state index is 0.516. The van der Waals surface area contributed by atoms with E-state index in [2.05, 4.69) is 34.7 Å². The van der Waals surface area contributed by atoms with Crippen molar-refractivity contribution in [1.29, 1.82) is 0 Å². The predicted octanol–water partition coefficient (Wildman–Crippen LogP) is 4.54. The van der Waals surface area contributed by atoms with E-state index in [9.17, 15) is 0 Å². The second kappa shape index (κ2) is 7.15. The molecule has 0 bridgehead atoms. The molecule has 0 atom stereocenters. The number of hydrogen-bond donors (Lipinski definition) is 0. The van der Waals surface area contributed by atoms with Crippen molar-refractivity contribution in [2.45, 2.75) is 45.4 Å². The Hall–Kier alpha value is -0.740. The molecule has 2 rings (SSSR count). The Labute approximate surface area is 124 Å². The monoisotopic (exact) mass is 299 g/mol. The van der Waals surface area contributed by atoms with Gasteiger partial charge in [-0.05, 0) is 12.8 Å². The van der Waals surface area contributed by atoms with Gasteiger partial charge in [-0.2, -0.15) is 0 Å². The van der Waals surface area contributed by atoms with Gasteiger partial charge in [0.15, 0.2) is 10.8 Å². The zero-order valence-electron chi connectivity index (χ0n) is 11.7. The van der Waals surface area contributed by atoms with Crippen LogP contribution in [0.3, 0.4) is 0 Å². The number of nitrogens with zero attached hydrogens (tertiary/aromatic N) is 3. The molecule has 0 aliphatic heterocycles. The van der Waals surface area contributed by atoms with Crippen molar-refractivity contribution in [3.8, 4) is 0 Å². The summed E-state index contributed by atoms with van der Waals surface area (Å²) >= 11 is 7.81. The van der Waals surface area contributed by atoms with E-state index in [1.807, 2.05) is 0 Å². The fourth-order valence-electron chi connectivity index (χ4n) is 2.22. The summed E-state index contributed by atoms with van der Waals surface area (Å²) in [4.78, 5) is 8.22. The normalized spacial score (nSPS) is 11.3. The molecule has 0 aliphatic rings. The van der Waals surface area contributed by atoms with E-state index in [4.69, 9.17) is 16.6 Å². The second-order valence-corrected chi connectivity index (χ2v) is 5.91. The maximum absolute atomic E-state index is 6.14. The van der Waals surface area contributed by atoms with E-state index in [1.165, 1.54) is 25.7 Å². The summed E-state index contributed by atoms with van der Waals surface area (Å²) in [6.07, 6.45) is 6.89. The summed E-state index contributed by atoms with van der Waals surface area (Å²) in [6, 6.07) is 0. The summed E-state index contributed by atoms with van der Waals surface area (Å²) < 4.78 is 2.12. The molecular weight excluding hydrogens is 278 g/mol. The molecule has 0 spiro atoms. The second-order valence-electron chi connectivity index (χ2n) is 4.77. The van der Waals surface area contributed by atoms with Crippen LogP contribution in [0.15, 0.2) is 11.6 Å². The highest BCUT2D eigenvalue weighted by atomic mass is 35.5. The fraction of sp³-hybridized carbons (Fsp3) is 0.643. The van der Waals surface area contributed by atoms with Crippen LogP contribution in [0.25, 0.3) is 4.96 Å². The van der Waals surface area contributed by atoms with E-state index in [-0.39, 0.29) is 0 Å². The molecule has 0 fully saturated rings. The molecule has 2 aromatic heterocycles. The maximum atomic E-state index is 6.14. The van der Waals surface area contributed by atoms with Crippen molar-refractivity contribution in [2.24, 2.45) is 0 Å². The van der Waals surface area contributed by atoms with E-state index in [1.54, 1.807) is 11.3 Å². The van der Waals surface area contributed by atoms with Gasteiger partial charge in [-0.1, -0.05) is 26.7 Å². The summed E-state index contributed by atoms with van der Waals surface area (Å²) in [5, 5.41) is 2.06. The van der Waals surface area contributed by atoms with Gasteiger partial charge in [0.25, 0.3) is 0 Å². The molecular formula is C14H22ClN3S. The number of thiazole rings is 1. The van der Waals surface area contributed by atoms with E-state index in [0.29, 0.717) is 5.88 Å². The van der Waals surface area contributed by atoms with Gasteiger partial charge in [-0.25, -0.2) is 4.98 Å². The zero-order valence-corrected chi connectivity index (χ0v) is 13.3. The fourth-order valence-corrected chi connectivity index (χ4v) is 3.20. The highest BCUT2D eigenvalue weighted by Crippen LogP contribution is 2.26. The molecule has 3 nitrogen and oxygen atoms in total. The SMILES string of the molecule is CCCCN(CCCC)c1nc2sccn2c1CCl. The van der Waals surface area contributed by atoms with Crippen LogP contribution < -0.4 is 4.90 Å². The van der Waals surface area contributed by atoms with Crippen molar-refractivity contribution in [1.82, 2.24) is 9.38 Å². The predicted molar refractivity (Wildman–Crippen MR) is 84.7 cm³/mol. The Kier molecular flexibility index (Phi) is 5.52. The number of rotatable bonds is 8. The first-order chi connectivity index (χ1) is 9.31. The van der Waals surface area contributed by atoms with E-state index < -0.39 is 0 Å². The molecule has 106 valence electrons. The van der Waals surface area contributed by atoms with Gasteiger partial charge in [0, 0.05) is 24.7 Å². The van der Waals surface area contributed by atoms with Crippen LogP contribution in [0.4, 0.5) is 5.82 Å². The molecule has 5 heteroatoms. The van der Waals surface area contributed by atoms with Gasteiger partial charge in [-0.3, -0.25) is 4.40 Å². The van der Waals surface area contributed by atoms with E-state index in [0.717, 1.165) is 29.6 Å². The van der Waals surface area contributed by atoms with Crippen molar-refractivity contribution >= 4 is 33.7 Å². The van der Waals surface area contributed by atoms with Gasteiger partial charge in [0.1, 0.15) is 0 Å². The van der Waals surface area contributed by atoms with Crippen LogP contribution in [0.2, 0.25) is 0 Å². The first-order valence-corrected chi connectivity index (χ1v) is 8.48. The number of hydrogen-bond acceptors (Lipinski definition) is 3. The number of fused-ring (bicyclic) bond motifs is 1. The van der Waals surface area contributed by atoms with Crippen LogP contribution in [-0.2, 0) is 5.88 Å². The van der Waals surface area contributed by atoms with Gasteiger partial charge < -0.3 is 4.90 Å². The molecule has 0 N–H and O–H groups in total. The van der Waals surface area contributed by atoms with E-state index >= 15 is 0 Å². The topological polar surface area (TPSA) is 20.5 Å². The van der Waals surface area contributed by atoms with Gasteiger partial charge in [0.05, 0.1) is 11.6 Å². The molecule has 0 radical (unpaired) electrons. The Morgan fingerprint density at radius 3 is 2.53 bits per heavy atom. The molecule has 2 aromatic rings. The third kappa shape index (κ3) is 3.23. The van der Waals surface area contributed by atoms with Gasteiger partial charge in [-0.15, -0.1) is 22.9 Å². The number of aromatic nitrogens is 2. The lowest BCUT2D eigenvalue weighted by Crippen LogP contribution is -2.27. The summed E-state index contributed by atoms with van der Waals surface area (Å²) in [7, 11) is 0. The Morgan fingerprint density at radius 1 is 1.26 bits per heavy atom. The highest BCUT2D eigenvalue weighted by molar-refractivity contribution is 7.15. The summed E-state index contributed by atoms with van der Waals surface area (Å²) in [5.74, 6) is 1.60. The Bertz CT molecular complexity index is 498. The van der Waals surface area contributed by atoms with Crippen LogP contribution in [0, 0.1) is 0 Å². The minimum atomic E-state index is 0.516. The van der Waals surface area contributed by atoms with Crippen LogP contribution >= 0.6 is 22.9 Å². The summed E-state index contributed by atoms with van der Waals surface area (Å²) in [6.45, 7) is 6.61. The number of unbranched alkanes of at least 4 members (excludes halogenated alkanes) is 2. The first kappa shape index (κ1) is 14.7. The molecule has 0 amide bonds. The van der Waals surface area contributed by atoms with Gasteiger partial charge >= 0.3 is 0 Å². The lowest BCUT2D eigenvalue weighted by molar-refractivity contribution is 0.671. The lowest BCUT2D eigenvalue weighted by Gasteiger charge is -2.23. The standard InChI is InChI=1S/C14H22ClN3S/c1-3-5-7-17(8-6-4-2)13-12(11-15)18-9-10-19-14(18)16-13/h9-10H,3-8,11H2,1-2H3. The maximum Gasteiger partial charge on any atom is 0.195 e. The van der Waals surface area contributed by atoms with Crippen LogP contribution in [0.5, 0.6) is 0 Å². The smallest absolute Gasteiger partial charge is 0.195 e.